The Balaban J connectivity index is 1.61. The fourth-order valence-electron chi connectivity index (χ4n) is 2.25. The Labute approximate surface area is 134 Å². The molecule has 0 spiro atoms. The lowest BCUT2D eigenvalue weighted by atomic mass is 10.0. The van der Waals surface area contributed by atoms with Crippen molar-refractivity contribution in [2.45, 2.75) is 19.4 Å². The van der Waals surface area contributed by atoms with Crippen molar-refractivity contribution in [1.82, 2.24) is 4.98 Å². The van der Waals surface area contributed by atoms with E-state index in [2.05, 4.69) is 4.98 Å². The van der Waals surface area contributed by atoms with Gasteiger partial charge in [-0.1, -0.05) is 60.7 Å². The van der Waals surface area contributed by atoms with Gasteiger partial charge >= 0.3 is 5.97 Å². The van der Waals surface area contributed by atoms with Gasteiger partial charge in [-0.3, -0.25) is 4.79 Å². The molecule has 0 N–H and O–H groups in total. The number of nitrogens with zero attached hydrogens (tertiary/aromatic N) is 1. The molecule has 0 saturated heterocycles. The van der Waals surface area contributed by atoms with Crippen LogP contribution in [0.1, 0.15) is 24.3 Å². The molecule has 4 nitrogen and oxygen atoms in total. The Morgan fingerprint density at radius 1 is 1.09 bits per heavy atom. The third-order valence-corrected chi connectivity index (χ3v) is 3.60. The number of hydrogen-bond donors (Lipinski definition) is 0. The van der Waals surface area contributed by atoms with Crippen molar-refractivity contribution < 1.29 is 13.9 Å². The Hall–Kier alpha value is -2.88. The van der Waals surface area contributed by atoms with E-state index in [0.29, 0.717) is 11.7 Å². The molecule has 0 aliphatic heterocycles. The zero-order valence-electron chi connectivity index (χ0n) is 12.8. The smallest absolute Gasteiger partial charge is 0.313 e. The van der Waals surface area contributed by atoms with Crippen LogP contribution >= 0.6 is 0 Å². The number of benzene rings is 2. The number of aromatic nitrogens is 1. The molecular weight excluding hydrogens is 290 g/mol. The van der Waals surface area contributed by atoms with Crippen LogP contribution in [0.4, 0.5) is 0 Å². The molecule has 0 radical (unpaired) electrons. The van der Waals surface area contributed by atoms with E-state index in [0.717, 1.165) is 11.1 Å². The molecule has 3 aromatic rings. The maximum Gasteiger partial charge on any atom is 0.313 e. The number of carbonyl (C=O) groups excluding carboxylic acids is 1. The van der Waals surface area contributed by atoms with Crippen LogP contribution in [0.25, 0.3) is 11.3 Å². The van der Waals surface area contributed by atoms with Crippen molar-refractivity contribution in [2.75, 3.05) is 0 Å². The summed E-state index contributed by atoms with van der Waals surface area (Å²) in [6.07, 6.45) is 1.64. The molecule has 0 fully saturated rings. The van der Waals surface area contributed by atoms with E-state index in [1.54, 1.807) is 6.20 Å². The summed E-state index contributed by atoms with van der Waals surface area (Å²) in [5, 5.41) is 0. The van der Waals surface area contributed by atoms with Crippen LogP contribution in [0.3, 0.4) is 0 Å². The predicted octanol–water partition coefficient (Wildman–Crippen LogP) is 4.19. The average Bonchev–Trinajstić information content (AvgIpc) is 3.09. The Kier molecular flexibility index (Phi) is 4.52. The van der Waals surface area contributed by atoms with Crippen molar-refractivity contribution in [1.29, 1.82) is 0 Å². The fraction of sp³-hybridized carbons (Fsp3) is 0.158. The van der Waals surface area contributed by atoms with E-state index in [4.69, 9.17) is 9.15 Å². The van der Waals surface area contributed by atoms with Gasteiger partial charge in [-0.2, -0.15) is 0 Å². The van der Waals surface area contributed by atoms with Crippen LogP contribution in [0.2, 0.25) is 0 Å². The number of ether oxygens (including phenoxy) is 1. The Bertz CT molecular complexity index is 766. The van der Waals surface area contributed by atoms with Crippen molar-refractivity contribution in [3.8, 4) is 11.3 Å². The van der Waals surface area contributed by atoms with Gasteiger partial charge < -0.3 is 9.15 Å². The minimum absolute atomic E-state index is 0.0306. The second-order valence-corrected chi connectivity index (χ2v) is 5.22. The number of hydrogen-bond acceptors (Lipinski definition) is 4. The van der Waals surface area contributed by atoms with Gasteiger partial charge in [0.05, 0.1) is 12.1 Å². The third-order valence-electron chi connectivity index (χ3n) is 3.60. The van der Waals surface area contributed by atoms with Crippen LogP contribution in [-0.2, 0) is 16.1 Å². The lowest BCUT2D eigenvalue weighted by Gasteiger charge is -2.10. The molecule has 1 atom stereocenters. The summed E-state index contributed by atoms with van der Waals surface area (Å²) < 4.78 is 10.9. The van der Waals surface area contributed by atoms with Gasteiger partial charge in [-0.25, -0.2) is 4.98 Å². The van der Waals surface area contributed by atoms with Gasteiger partial charge in [0, 0.05) is 5.56 Å². The van der Waals surface area contributed by atoms with E-state index < -0.39 is 0 Å². The van der Waals surface area contributed by atoms with Crippen LogP contribution in [0.5, 0.6) is 0 Å². The van der Waals surface area contributed by atoms with Gasteiger partial charge in [0.1, 0.15) is 0 Å². The maximum atomic E-state index is 12.1. The maximum absolute atomic E-state index is 12.1. The minimum Gasteiger partial charge on any atom is -0.455 e. The van der Waals surface area contributed by atoms with Gasteiger partial charge in [-0.15, -0.1) is 0 Å². The second kappa shape index (κ2) is 6.92. The number of esters is 1. The van der Waals surface area contributed by atoms with Gasteiger partial charge in [-0.05, 0) is 12.5 Å². The molecule has 3 rings (SSSR count). The molecule has 1 aromatic heterocycles. The molecule has 2 aromatic carbocycles. The normalized spacial score (nSPS) is 11.9. The number of carbonyl (C=O) groups is 1. The summed E-state index contributed by atoms with van der Waals surface area (Å²) in [6.45, 7) is 1.85. The molecule has 0 saturated carbocycles. The largest absolute Gasteiger partial charge is 0.455 e. The Morgan fingerprint density at radius 2 is 1.74 bits per heavy atom. The molecule has 1 unspecified atom stereocenters. The summed E-state index contributed by atoms with van der Waals surface area (Å²) in [5.41, 5.74) is 1.87. The molecule has 0 aliphatic carbocycles. The van der Waals surface area contributed by atoms with E-state index in [1.807, 2.05) is 67.6 Å². The highest BCUT2D eigenvalue weighted by molar-refractivity contribution is 5.77. The topological polar surface area (TPSA) is 52.3 Å². The van der Waals surface area contributed by atoms with E-state index in [-0.39, 0.29) is 18.5 Å². The highest BCUT2D eigenvalue weighted by Crippen LogP contribution is 2.21. The minimum atomic E-state index is -0.320. The highest BCUT2D eigenvalue weighted by atomic mass is 16.5. The standard InChI is InChI=1S/C19H17NO3/c1-14(15-8-4-2-5-9-15)19(21)22-13-18-20-12-17(23-18)16-10-6-3-7-11-16/h2-12,14H,13H2,1H3. The van der Waals surface area contributed by atoms with Crippen LogP contribution in [0.15, 0.2) is 71.3 Å². The lowest BCUT2D eigenvalue weighted by Crippen LogP contribution is -2.13. The summed E-state index contributed by atoms with van der Waals surface area (Å²) in [6, 6.07) is 19.2. The lowest BCUT2D eigenvalue weighted by molar-refractivity contribution is -0.147. The van der Waals surface area contributed by atoms with Crippen LogP contribution < -0.4 is 0 Å². The number of rotatable bonds is 5. The second-order valence-electron chi connectivity index (χ2n) is 5.22. The molecule has 23 heavy (non-hydrogen) atoms. The van der Waals surface area contributed by atoms with Crippen molar-refractivity contribution in [3.63, 3.8) is 0 Å². The molecule has 1 heterocycles. The first-order valence-corrected chi connectivity index (χ1v) is 7.46. The van der Waals surface area contributed by atoms with Crippen molar-refractivity contribution in [3.05, 3.63) is 78.3 Å². The summed E-state index contributed by atoms with van der Waals surface area (Å²) in [4.78, 5) is 16.3. The SMILES string of the molecule is CC(C(=O)OCc1ncc(-c2ccccc2)o1)c1ccccc1. The van der Waals surface area contributed by atoms with Gasteiger partial charge in [0.25, 0.3) is 0 Å². The molecule has 0 aliphatic rings. The number of oxazole rings is 1. The molecule has 4 heteroatoms. The predicted molar refractivity (Wildman–Crippen MR) is 86.6 cm³/mol. The molecule has 0 amide bonds. The van der Waals surface area contributed by atoms with Crippen LogP contribution in [0, 0.1) is 0 Å². The van der Waals surface area contributed by atoms with E-state index >= 15 is 0 Å². The van der Waals surface area contributed by atoms with Crippen molar-refractivity contribution >= 4 is 5.97 Å². The monoisotopic (exact) mass is 307 g/mol. The quantitative estimate of drug-likeness (QED) is 0.663. The fourth-order valence-corrected chi connectivity index (χ4v) is 2.25. The zero-order valence-corrected chi connectivity index (χ0v) is 12.8. The Morgan fingerprint density at radius 3 is 2.43 bits per heavy atom. The van der Waals surface area contributed by atoms with Gasteiger partial charge in [0.2, 0.25) is 5.89 Å². The summed E-state index contributed by atoms with van der Waals surface area (Å²) >= 11 is 0. The first-order valence-electron chi connectivity index (χ1n) is 7.46. The highest BCUT2D eigenvalue weighted by Gasteiger charge is 2.17. The first kappa shape index (κ1) is 15.0. The van der Waals surface area contributed by atoms with E-state index in [1.165, 1.54) is 0 Å². The zero-order chi connectivity index (χ0) is 16.1. The van der Waals surface area contributed by atoms with E-state index in [9.17, 15) is 4.79 Å². The molecule has 116 valence electrons. The summed E-state index contributed by atoms with van der Waals surface area (Å²) in [7, 11) is 0. The van der Waals surface area contributed by atoms with Crippen molar-refractivity contribution in [2.24, 2.45) is 0 Å². The molecule has 0 bridgehead atoms. The summed E-state index contributed by atoms with van der Waals surface area (Å²) in [5.74, 6) is 0.431. The van der Waals surface area contributed by atoms with Gasteiger partial charge in [0.15, 0.2) is 12.4 Å². The molecular formula is C19H17NO3. The third kappa shape index (κ3) is 3.66. The average molecular weight is 307 g/mol. The first-order chi connectivity index (χ1) is 11.2. The van der Waals surface area contributed by atoms with Crippen LogP contribution in [-0.4, -0.2) is 11.0 Å².